The second kappa shape index (κ2) is 20.9. The molecule has 4 fully saturated rings. The number of hydrogen-bond acceptors (Lipinski definition) is 12. The van der Waals surface area contributed by atoms with Gasteiger partial charge in [0.15, 0.2) is 0 Å². The van der Waals surface area contributed by atoms with E-state index in [9.17, 15) is 33.9 Å². The van der Waals surface area contributed by atoms with Gasteiger partial charge in [-0.2, -0.15) is 0 Å². The number of halogens is 1. The second-order valence-corrected chi connectivity index (χ2v) is 21.0. The van der Waals surface area contributed by atoms with Crippen molar-refractivity contribution < 1.29 is 48.1 Å². The number of epoxide rings is 1. The molecule has 362 valence electrons. The lowest BCUT2D eigenvalue weighted by molar-refractivity contribution is -0.160. The number of carbonyl (C=O) groups is 6. The lowest BCUT2D eigenvalue weighted by atomic mass is 9.81. The normalized spacial score (nSPS) is 33.4. The third kappa shape index (κ3) is 11.3. The molecule has 66 heavy (non-hydrogen) atoms. The summed E-state index contributed by atoms with van der Waals surface area (Å²) in [5, 5.41) is 17.1. The number of nitrogens with zero attached hydrogens (tertiary/aromatic N) is 3. The highest BCUT2D eigenvalue weighted by Crippen LogP contribution is 2.50. The Labute approximate surface area is 398 Å². The van der Waals surface area contributed by atoms with Crippen molar-refractivity contribution in [3.8, 4) is 0 Å². The van der Waals surface area contributed by atoms with E-state index in [1.807, 2.05) is 76.9 Å². The number of nitrogens with one attached hydrogen (secondary N) is 2. The Balaban J connectivity index is 1.13. The highest BCUT2D eigenvalue weighted by Gasteiger charge is 2.64. The quantitative estimate of drug-likeness (QED) is 0.137. The SMILES string of the molecule is C=C1C[C@H](OC(=O)[C@H](C)N(C)C(=O)CCSC2CC(=O)N(CC3CCC(C(=O)NC)CC3)C2=O)[C@]2(C)O[C@H]2[C@H](C)C2C[C@@](O)(NC(=O)O2)[C@H](C)/C=C/C=C(\C)Cc2cc(C)c(Cl)c(c2)N1C. The molecule has 17 heteroatoms. The lowest BCUT2D eigenvalue weighted by Crippen LogP contribution is -2.60. The van der Waals surface area contributed by atoms with Crippen LogP contribution in [0.2, 0.25) is 5.02 Å². The zero-order chi connectivity index (χ0) is 48.4. The van der Waals surface area contributed by atoms with Crippen molar-refractivity contribution >= 4 is 64.7 Å². The summed E-state index contributed by atoms with van der Waals surface area (Å²) in [5.41, 5.74) is 1.60. The van der Waals surface area contributed by atoms with E-state index in [0.717, 1.165) is 48.1 Å². The molecule has 5 amide bonds. The van der Waals surface area contributed by atoms with E-state index in [1.165, 1.54) is 28.6 Å². The van der Waals surface area contributed by atoms with Gasteiger partial charge >= 0.3 is 12.1 Å². The number of thioether (sulfide) groups is 1. The summed E-state index contributed by atoms with van der Waals surface area (Å²) < 4.78 is 18.5. The zero-order valence-electron chi connectivity index (χ0n) is 39.8. The Kier molecular flexibility index (Phi) is 16.1. The van der Waals surface area contributed by atoms with E-state index in [-0.39, 0.29) is 66.9 Å². The van der Waals surface area contributed by atoms with Gasteiger partial charge < -0.3 is 34.4 Å². The zero-order valence-corrected chi connectivity index (χ0v) is 41.4. The van der Waals surface area contributed by atoms with Gasteiger partial charge in [0.05, 0.1) is 22.1 Å². The molecular weight excluding hydrogens is 886 g/mol. The summed E-state index contributed by atoms with van der Waals surface area (Å²) in [6.45, 7) is 15.8. The maximum absolute atomic E-state index is 14.1. The number of carbonyl (C=O) groups excluding carboxylic acids is 6. The number of imide groups is 1. The Morgan fingerprint density at radius 3 is 2.52 bits per heavy atom. The first-order valence-electron chi connectivity index (χ1n) is 23.1. The van der Waals surface area contributed by atoms with Crippen LogP contribution in [0.5, 0.6) is 0 Å². The van der Waals surface area contributed by atoms with Crippen LogP contribution >= 0.6 is 23.4 Å². The molecule has 1 aliphatic carbocycles. The van der Waals surface area contributed by atoms with E-state index in [2.05, 4.69) is 17.2 Å². The summed E-state index contributed by atoms with van der Waals surface area (Å²) in [5.74, 6) is -1.97. The van der Waals surface area contributed by atoms with Gasteiger partial charge in [-0.3, -0.25) is 29.4 Å². The van der Waals surface area contributed by atoms with Crippen LogP contribution in [0.25, 0.3) is 0 Å². The molecule has 15 nitrogen and oxygen atoms in total. The molecule has 4 aliphatic heterocycles. The van der Waals surface area contributed by atoms with Gasteiger partial charge in [-0.05, 0) is 82.9 Å². The number of likely N-dealkylation sites (N-methyl/N-ethyl adjacent to an activating group) is 1. The fraction of sp³-hybridized carbons (Fsp3) is 0.633. The summed E-state index contributed by atoms with van der Waals surface area (Å²) in [6.07, 6.45) is 6.68. The fourth-order valence-electron chi connectivity index (χ4n) is 9.76. The van der Waals surface area contributed by atoms with Crippen molar-refractivity contribution in [1.29, 1.82) is 0 Å². The number of aliphatic hydroxyl groups is 1. The van der Waals surface area contributed by atoms with E-state index in [1.54, 1.807) is 14.0 Å². The van der Waals surface area contributed by atoms with Crippen LogP contribution in [0.4, 0.5) is 10.5 Å². The highest BCUT2D eigenvalue weighted by molar-refractivity contribution is 8.00. The molecule has 2 unspecified atom stereocenters. The van der Waals surface area contributed by atoms with Crippen LogP contribution in [0, 0.1) is 30.6 Å². The Bertz CT molecular complexity index is 2140. The number of hydrogen-bond donors (Lipinski definition) is 3. The molecule has 6 rings (SSSR count). The van der Waals surface area contributed by atoms with Gasteiger partial charge in [0.1, 0.15) is 29.6 Å². The standard InChI is InChI=1S/C49H68ClN5O10S/c1-27-12-11-13-29(3)49(62)25-37(63-47(61)52-49)31(5)43-48(7,65-43)39(22-30(4)53(9)36-23-34(20-27)21-28(2)42(36)50)64-46(60)32(6)54(10)40(56)18-19-66-38-24-41(57)55(45(38)59)26-33-14-16-35(17-15-33)44(58)51-8/h11-13,21,23,29,31-33,35,37-39,43,62H,4,14-20,22,24-26H2,1-3,5-10H3,(H,51,58)(H,52,61)/b13-11+,27-12+/t29-,31-,32+,33?,35?,37?,38?,39+,43+,48+,49+/m1/s1. The van der Waals surface area contributed by atoms with Crippen LogP contribution < -0.4 is 15.5 Å². The molecule has 3 N–H and O–H groups in total. The first-order valence-corrected chi connectivity index (χ1v) is 24.6. The second-order valence-electron chi connectivity index (χ2n) is 19.3. The average Bonchev–Trinajstić information content (AvgIpc) is 3.90. The third-order valence-electron chi connectivity index (χ3n) is 14.6. The first kappa shape index (κ1) is 51.0. The maximum Gasteiger partial charge on any atom is 0.409 e. The van der Waals surface area contributed by atoms with E-state index < -0.39 is 64.8 Å². The molecule has 0 radical (unpaired) electrons. The number of allylic oxidation sites excluding steroid dienone is 3. The summed E-state index contributed by atoms with van der Waals surface area (Å²) in [7, 11) is 5.01. The number of likely N-dealkylation sites (tertiary alicyclic amines) is 1. The van der Waals surface area contributed by atoms with E-state index in [0.29, 0.717) is 23.7 Å². The molecule has 9 atom stereocenters. The molecule has 1 aromatic rings. The van der Waals surface area contributed by atoms with Crippen molar-refractivity contribution in [2.45, 2.75) is 140 Å². The van der Waals surface area contributed by atoms with Crippen molar-refractivity contribution in [3.63, 3.8) is 0 Å². The van der Waals surface area contributed by atoms with Gasteiger partial charge in [-0.1, -0.05) is 61.9 Å². The Morgan fingerprint density at radius 1 is 1.14 bits per heavy atom. The molecule has 4 bridgehead atoms. The Hall–Kier alpha value is -4.38. The lowest BCUT2D eigenvalue weighted by Gasteiger charge is -2.41. The molecular formula is C49H68ClN5O10S. The first-order chi connectivity index (χ1) is 31.1. The Morgan fingerprint density at radius 2 is 1.83 bits per heavy atom. The molecule has 5 aliphatic rings. The molecule has 1 saturated carbocycles. The smallest absolute Gasteiger partial charge is 0.409 e. The minimum Gasteiger partial charge on any atom is -0.457 e. The maximum atomic E-state index is 14.1. The highest BCUT2D eigenvalue weighted by atomic mass is 35.5. The number of alkyl carbamates (subject to hydrolysis) is 1. The van der Waals surface area contributed by atoms with Crippen LogP contribution in [0.3, 0.4) is 0 Å². The fourth-order valence-corrected chi connectivity index (χ4v) is 11.1. The minimum absolute atomic E-state index is 0.0238. The molecule has 4 heterocycles. The van der Waals surface area contributed by atoms with Gasteiger partial charge in [0.2, 0.25) is 23.6 Å². The van der Waals surface area contributed by atoms with Crippen molar-refractivity contribution in [1.82, 2.24) is 20.4 Å². The summed E-state index contributed by atoms with van der Waals surface area (Å²) >= 11 is 8.19. The molecule has 0 aromatic heterocycles. The average molecular weight is 955 g/mol. The topological polar surface area (TPSA) is 187 Å². The minimum atomic E-state index is -1.60. The van der Waals surface area contributed by atoms with Crippen molar-refractivity contribution in [3.05, 3.63) is 64.4 Å². The molecule has 0 spiro atoms. The van der Waals surface area contributed by atoms with Crippen molar-refractivity contribution in [2.75, 3.05) is 38.3 Å². The molecule has 3 saturated heterocycles. The van der Waals surface area contributed by atoms with Crippen LogP contribution in [-0.4, -0.2) is 125 Å². The molecule has 1 aromatic carbocycles. The van der Waals surface area contributed by atoms with Gasteiger partial charge in [-0.25, -0.2) is 9.59 Å². The number of benzene rings is 1. The van der Waals surface area contributed by atoms with Crippen molar-refractivity contribution in [2.24, 2.45) is 23.7 Å². The summed E-state index contributed by atoms with van der Waals surface area (Å²) in [4.78, 5) is 83.5. The largest absolute Gasteiger partial charge is 0.457 e. The number of ether oxygens (including phenoxy) is 3. The summed E-state index contributed by atoms with van der Waals surface area (Å²) in [6, 6.07) is 3.04. The number of fused-ring (bicyclic) bond motifs is 5. The van der Waals surface area contributed by atoms with Gasteiger partial charge in [0, 0.05) is 82.6 Å². The van der Waals surface area contributed by atoms with Crippen LogP contribution in [0.1, 0.15) is 97.1 Å². The van der Waals surface area contributed by atoms with Crippen LogP contribution in [0.15, 0.2) is 48.2 Å². The predicted molar refractivity (Wildman–Crippen MR) is 253 cm³/mol. The van der Waals surface area contributed by atoms with E-state index in [4.69, 9.17) is 25.8 Å². The number of anilines is 1. The number of aryl methyl sites for hydroxylation is 1. The van der Waals surface area contributed by atoms with Gasteiger partial charge in [0.25, 0.3) is 0 Å². The van der Waals surface area contributed by atoms with E-state index >= 15 is 0 Å². The van der Waals surface area contributed by atoms with Gasteiger partial charge in [-0.15, -0.1) is 11.8 Å². The monoisotopic (exact) mass is 953 g/mol. The number of esters is 1. The third-order valence-corrected chi connectivity index (χ3v) is 16.3. The number of rotatable bonds is 10. The number of amides is 5. The van der Waals surface area contributed by atoms with Crippen LogP contribution in [-0.2, 0) is 44.6 Å². The predicted octanol–water partition coefficient (Wildman–Crippen LogP) is 6.23.